The number of rotatable bonds is 30. The standard InChI is InChI=1S/C31H55NO6.C9H20O/c1-6-8-10-12-14-16-18-26(4)36-22-28(23-37-30(34)19-17-15-13-11-9-7-2)21-31(35)38-24-29-20-25(3)32(29)27(5)33;1-3-4-5-6-7-8-9-10-2/h25,28-29H,4,6-24H2,1-3,5H3;3-9H2,1-2H3. The van der Waals surface area contributed by atoms with Crippen LogP contribution in [0.1, 0.15) is 176 Å². The van der Waals surface area contributed by atoms with Crippen molar-refractivity contribution in [3.63, 3.8) is 0 Å². The van der Waals surface area contributed by atoms with Crippen LogP contribution < -0.4 is 0 Å². The minimum atomic E-state index is -0.366. The molecule has 0 spiro atoms. The monoisotopic (exact) mass is 682 g/mol. The molecule has 0 saturated carbocycles. The number of unbranched alkanes of at least 4 members (excludes halogenated alkanes) is 15. The van der Waals surface area contributed by atoms with Crippen LogP contribution in [0.15, 0.2) is 12.3 Å². The third-order valence-electron chi connectivity index (χ3n) is 8.99. The first kappa shape index (κ1) is 45.9. The summed E-state index contributed by atoms with van der Waals surface area (Å²) in [6.07, 6.45) is 24.1. The molecule has 0 bridgehead atoms. The lowest BCUT2D eigenvalue weighted by atomic mass is 9.95. The number of esters is 2. The van der Waals surface area contributed by atoms with Gasteiger partial charge < -0.3 is 23.8 Å². The molecule has 48 heavy (non-hydrogen) atoms. The van der Waals surface area contributed by atoms with E-state index in [1.54, 1.807) is 12.0 Å². The molecule has 0 N–H and O–H groups in total. The summed E-state index contributed by atoms with van der Waals surface area (Å²) in [4.78, 5) is 38.4. The normalized spacial score (nSPS) is 15.9. The van der Waals surface area contributed by atoms with E-state index in [1.807, 2.05) is 6.92 Å². The van der Waals surface area contributed by atoms with E-state index in [4.69, 9.17) is 18.9 Å². The van der Waals surface area contributed by atoms with Crippen LogP contribution in [-0.4, -0.2) is 68.4 Å². The molecule has 3 unspecified atom stereocenters. The summed E-state index contributed by atoms with van der Waals surface area (Å²) >= 11 is 0. The Kier molecular flexibility index (Phi) is 30.7. The third-order valence-corrected chi connectivity index (χ3v) is 8.99. The van der Waals surface area contributed by atoms with Crippen LogP contribution in [0.25, 0.3) is 0 Å². The molecule has 0 aliphatic carbocycles. The molecule has 1 fully saturated rings. The lowest BCUT2D eigenvalue weighted by Gasteiger charge is -2.46. The molecule has 0 radical (unpaired) electrons. The van der Waals surface area contributed by atoms with E-state index in [0.29, 0.717) is 12.2 Å². The highest BCUT2D eigenvalue weighted by Gasteiger charge is 2.37. The van der Waals surface area contributed by atoms with Gasteiger partial charge in [-0.2, -0.15) is 0 Å². The molecule has 1 aliphatic rings. The smallest absolute Gasteiger partial charge is 0.306 e. The highest BCUT2D eigenvalue weighted by molar-refractivity contribution is 5.75. The predicted octanol–water partition coefficient (Wildman–Crippen LogP) is 10.1. The molecule has 1 heterocycles. The van der Waals surface area contributed by atoms with Crippen LogP contribution in [0.5, 0.6) is 0 Å². The van der Waals surface area contributed by atoms with Crippen molar-refractivity contribution in [2.75, 3.05) is 33.5 Å². The van der Waals surface area contributed by atoms with E-state index in [9.17, 15) is 14.4 Å². The van der Waals surface area contributed by atoms with Crippen LogP contribution in [-0.2, 0) is 33.3 Å². The molecular formula is C40H75NO7. The van der Waals surface area contributed by atoms with Crippen LogP contribution >= 0.6 is 0 Å². The van der Waals surface area contributed by atoms with Gasteiger partial charge in [0.2, 0.25) is 5.91 Å². The second kappa shape index (κ2) is 32.1. The van der Waals surface area contributed by atoms with Crippen LogP contribution in [0.3, 0.4) is 0 Å². The van der Waals surface area contributed by atoms with Gasteiger partial charge in [-0.15, -0.1) is 0 Å². The molecule has 0 aromatic carbocycles. The molecule has 8 heteroatoms. The number of hydrogen-bond donors (Lipinski definition) is 0. The number of methoxy groups -OCH3 is 1. The number of allylic oxidation sites excluding steroid dienone is 1. The lowest BCUT2D eigenvalue weighted by Crippen LogP contribution is -2.58. The zero-order valence-corrected chi connectivity index (χ0v) is 32.1. The maximum Gasteiger partial charge on any atom is 0.306 e. The summed E-state index contributed by atoms with van der Waals surface area (Å²) in [6.45, 7) is 15.7. The highest BCUT2D eigenvalue weighted by atomic mass is 16.5. The Morgan fingerprint density at radius 3 is 1.71 bits per heavy atom. The Morgan fingerprint density at radius 2 is 1.19 bits per heavy atom. The van der Waals surface area contributed by atoms with Gasteiger partial charge in [-0.3, -0.25) is 14.4 Å². The SMILES string of the molecule is C=C(CCCCCCCC)OCC(COC(=O)CCCCCCCC)CC(=O)OCC1CC(C)N1C(C)=O.CCCCCCCCOC. The van der Waals surface area contributed by atoms with Crippen molar-refractivity contribution in [2.45, 2.75) is 188 Å². The molecule has 1 saturated heterocycles. The number of likely N-dealkylation sites (tertiary alicyclic amines) is 1. The van der Waals surface area contributed by atoms with E-state index in [1.165, 1.54) is 90.4 Å². The summed E-state index contributed by atoms with van der Waals surface area (Å²) in [5.41, 5.74) is 0. The molecule has 1 amide bonds. The highest BCUT2D eigenvalue weighted by Crippen LogP contribution is 2.26. The average Bonchev–Trinajstić information content (AvgIpc) is 3.05. The zero-order valence-electron chi connectivity index (χ0n) is 32.1. The second-order valence-electron chi connectivity index (χ2n) is 13.7. The van der Waals surface area contributed by atoms with Crippen molar-refractivity contribution in [1.82, 2.24) is 4.90 Å². The van der Waals surface area contributed by atoms with E-state index < -0.39 is 0 Å². The summed E-state index contributed by atoms with van der Waals surface area (Å²) < 4.78 is 21.8. The minimum absolute atomic E-state index is 0.00257. The van der Waals surface area contributed by atoms with Gasteiger partial charge in [0.25, 0.3) is 0 Å². The van der Waals surface area contributed by atoms with Gasteiger partial charge in [0.15, 0.2) is 0 Å². The maximum atomic E-state index is 12.6. The molecule has 1 rings (SSSR count). The minimum Gasteiger partial charge on any atom is -0.498 e. The van der Waals surface area contributed by atoms with Crippen LogP contribution in [0, 0.1) is 5.92 Å². The molecule has 282 valence electrons. The molecular weight excluding hydrogens is 606 g/mol. The van der Waals surface area contributed by atoms with Crippen molar-refractivity contribution < 1.29 is 33.3 Å². The summed E-state index contributed by atoms with van der Waals surface area (Å²) in [7, 11) is 1.77. The lowest BCUT2D eigenvalue weighted by molar-refractivity contribution is -0.157. The summed E-state index contributed by atoms with van der Waals surface area (Å²) in [6, 6.07) is 0.120. The van der Waals surface area contributed by atoms with E-state index in [0.717, 1.165) is 51.6 Å². The van der Waals surface area contributed by atoms with Crippen molar-refractivity contribution >= 4 is 17.8 Å². The number of ether oxygens (including phenoxy) is 4. The molecule has 1 aliphatic heterocycles. The molecule has 0 aromatic rings. The number of amides is 1. The Bertz CT molecular complexity index is 777. The maximum absolute atomic E-state index is 12.6. The van der Waals surface area contributed by atoms with Gasteiger partial charge in [0.05, 0.1) is 31.4 Å². The fraction of sp³-hybridized carbons (Fsp3) is 0.875. The number of carbonyl (C=O) groups excluding carboxylic acids is 3. The van der Waals surface area contributed by atoms with Gasteiger partial charge in [-0.25, -0.2) is 0 Å². The largest absolute Gasteiger partial charge is 0.498 e. The van der Waals surface area contributed by atoms with Gasteiger partial charge in [0, 0.05) is 45.4 Å². The first-order chi connectivity index (χ1) is 23.2. The fourth-order valence-electron chi connectivity index (χ4n) is 5.98. The van der Waals surface area contributed by atoms with Crippen LogP contribution in [0.4, 0.5) is 0 Å². The number of carbonyl (C=O) groups is 3. The Labute approximate surface area is 295 Å². The van der Waals surface area contributed by atoms with Crippen molar-refractivity contribution in [3.8, 4) is 0 Å². The fourth-order valence-corrected chi connectivity index (χ4v) is 5.98. The Hall–Kier alpha value is -2.09. The first-order valence-electron chi connectivity index (χ1n) is 19.6. The zero-order chi connectivity index (χ0) is 35.8. The average molecular weight is 682 g/mol. The molecule has 0 aromatic heterocycles. The van der Waals surface area contributed by atoms with Gasteiger partial charge in [0.1, 0.15) is 6.61 Å². The van der Waals surface area contributed by atoms with E-state index in [2.05, 4.69) is 27.4 Å². The third kappa shape index (κ3) is 25.9. The van der Waals surface area contributed by atoms with Gasteiger partial charge in [-0.1, -0.05) is 124 Å². The number of hydrogen-bond acceptors (Lipinski definition) is 7. The van der Waals surface area contributed by atoms with E-state index >= 15 is 0 Å². The molecule has 8 nitrogen and oxygen atoms in total. The first-order valence-corrected chi connectivity index (χ1v) is 19.6. The Morgan fingerprint density at radius 1 is 0.688 bits per heavy atom. The topological polar surface area (TPSA) is 91.4 Å². The quantitative estimate of drug-likeness (QED) is 0.0423. The van der Waals surface area contributed by atoms with Gasteiger partial charge >= 0.3 is 11.9 Å². The molecule has 3 atom stereocenters. The Balaban J connectivity index is 0.00000190. The predicted molar refractivity (Wildman–Crippen MR) is 197 cm³/mol. The van der Waals surface area contributed by atoms with Crippen molar-refractivity contribution in [3.05, 3.63) is 12.3 Å². The second-order valence-corrected chi connectivity index (χ2v) is 13.7. The van der Waals surface area contributed by atoms with Crippen molar-refractivity contribution in [2.24, 2.45) is 5.92 Å². The van der Waals surface area contributed by atoms with Crippen LogP contribution in [0.2, 0.25) is 0 Å². The van der Waals surface area contributed by atoms with Gasteiger partial charge in [-0.05, 0) is 32.6 Å². The van der Waals surface area contributed by atoms with Crippen molar-refractivity contribution in [1.29, 1.82) is 0 Å². The summed E-state index contributed by atoms with van der Waals surface area (Å²) in [5.74, 6) is -0.197. The number of nitrogens with zero attached hydrogens (tertiary/aromatic N) is 1. The van der Waals surface area contributed by atoms with E-state index in [-0.39, 0.29) is 62.1 Å². The summed E-state index contributed by atoms with van der Waals surface area (Å²) in [5, 5.41) is 0.